The topological polar surface area (TPSA) is 125 Å². The van der Waals surface area contributed by atoms with Gasteiger partial charge in [0.25, 0.3) is 5.91 Å². The van der Waals surface area contributed by atoms with Crippen LogP contribution in [0.5, 0.6) is 0 Å². The zero-order valence-electron chi connectivity index (χ0n) is 20.2. The van der Waals surface area contributed by atoms with E-state index in [-0.39, 0.29) is 17.8 Å². The maximum Gasteiger partial charge on any atom is 0.433 e. The van der Waals surface area contributed by atoms with E-state index in [9.17, 15) is 23.1 Å². The van der Waals surface area contributed by atoms with Gasteiger partial charge in [0.1, 0.15) is 11.5 Å². The largest absolute Gasteiger partial charge is 0.433 e. The lowest BCUT2D eigenvalue weighted by Crippen LogP contribution is -2.37. The molecule has 3 aromatic heterocycles. The first kappa shape index (κ1) is 26.2. The first-order valence-corrected chi connectivity index (χ1v) is 11.6. The molecule has 4 heterocycles. The molecule has 1 amide bonds. The number of aromatic nitrogens is 4. The van der Waals surface area contributed by atoms with Crippen LogP contribution in [0.1, 0.15) is 28.7 Å². The van der Waals surface area contributed by atoms with Crippen molar-refractivity contribution in [2.45, 2.75) is 26.1 Å². The summed E-state index contributed by atoms with van der Waals surface area (Å²) in [6.07, 6.45) is -2.93. The van der Waals surface area contributed by atoms with E-state index < -0.39 is 23.9 Å². The van der Waals surface area contributed by atoms with Gasteiger partial charge in [0.15, 0.2) is 0 Å². The van der Waals surface area contributed by atoms with Crippen LogP contribution < -0.4 is 15.5 Å². The van der Waals surface area contributed by atoms with Gasteiger partial charge >= 0.3 is 6.18 Å². The number of carbonyl (C=O) groups is 1. The number of alkyl halides is 3. The number of pyridine rings is 2. The van der Waals surface area contributed by atoms with Crippen molar-refractivity contribution in [2.24, 2.45) is 0 Å². The van der Waals surface area contributed by atoms with Crippen molar-refractivity contribution in [3.8, 4) is 11.3 Å². The number of aliphatic hydroxyl groups excluding tert-OH is 1. The molecule has 3 aromatic rings. The Hall–Kier alpha value is -3.84. The van der Waals surface area contributed by atoms with Crippen molar-refractivity contribution in [3.05, 3.63) is 53.6 Å². The zero-order valence-corrected chi connectivity index (χ0v) is 20.2. The molecule has 1 saturated heterocycles. The van der Waals surface area contributed by atoms with Gasteiger partial charge in [0.2, 0.25) is 5.95 Å². The lowest BCUT2D eigenvalue weighted by Gasteiger charge is -2.28. The van der Waals surface area contributed by atoms with E-state index in [1.54, 1.807) is 26.0 Å². The Kier molecular flexibility index (Phi) is 7.83. The maximum absolute atomic E-state index is 13.0. The number of aliphatic hydroxyl groups is 1. The molecule has 0 bridgehead atoms. The van der Waals surface area contributed by atoms with Crippen LogP contribution in [0.25, 0.3) is 11.3 Å². The Labute approximate surface area is 210 Å². The van der Waals surface area contributed by atoms with Crippen molar-refractivity contribution in [2.75, 3.05) is 48.4 Å². The van der Waals surface area contributed by atoms with Gasteiger partial charge in [0, 0.05) is 48.7 Å². The summed E-state index contributed by atoms with van der Waals surface area (Å²) in [5, 5.41) is 15.3. The molecule has 1 fully saturated rings. The third-order valence-electron chi connectivity index (χ3n) is 5.54. The molecule has 0 spiro atoms. The number of morpholine rings is 1. The summed E-state index contributed by atoms with van der Waals surface area (Å²) in [5.41, 5.74) is 0.673. The number of ether oxygens (including phenoxy) is 1. The predicted octanol–water partition coefficient (Wildman–Crippen LogP) is 3.14. The summed E-state index contributed by atoms with van der Waals surface area (Å²) in [4.78, 5) is 31.5. The number of nitrogens with one attached hydrogen (secondary N) is 2. The quantitative estimate of drug-likeness (QED) is 0.433. The normalized spacial score (nSPS) is 14.8. The fourth-order valence-electron chi connectivity index (χ4n) is 3.64. The number of anilines is 3. The molecule has 0 saturated carbocycles. The molecule has 1 atom stereocenters. The molecule has 0 aromatic carbocycles. The van der Waals surface area contributed by atoms with E-state index in [0.29, 0.717) is 61.1 Å². The number of nitrogens with zero attached hydrogens (tertiary/aromatic N) is 5. The smallest absolute Gasteiger partial charge is 0.392 e. The first-order chi connectivity index (χ1) is 17.6. The molecule has 10 nitrogen and oxygen atoms in total. The summed E-state index contributed by atoms with van der Waals surface area (Å²) in [7, 11) is 0. The second kappa shape index (κ2) is 11.0. The van der Waals surface area contributed by atoms with Gasteiger partial charge in [-0.05, 0) is 32.0 Å². The van der Waals surface area contributed by atoms with Gasteiger partial charge in [-0.15, -0.1) is 0 Å². The van der Waals surface area contributed by atoms with E-state index >= 15 is 0 Å². The minimum atomic E-state index is -4.67. The second-order valence-electron chi connectivity index (χ2n) is 8.50. The van der Waals surface area contributed by atoms with Gasteiger partial charge in [-0.3, -0.25) is 14.8 Å². The van der Waals surface area contributed by atoms with Crippen molar-refractivity contribution >= 4 is 23.4 Å². The highest BCUT2D eigenvalue weighted by atomic mass is 19.4. The number of amides is 1. The van der Waals surface area contributed by atoms with Crippen LogP contribution in [0.2, 0.25) is 0 Å². The highest BCUT2D eigenvalue weighted by Crippen LogP contribution is 2.29. The highest BCUT2D eigenvalue weighted by molar-refractivity contribution is 6.04. The van der Waals surface area contributed by atoms with E-state index in [1.807, 2.05) is 0 Å². The molecular formula is C24H26F3N7O3. The average molecular weight is 518 g/mol. The Balaban J connectivity index is 1.64. The number of aryl methyl sites for hydroxylation is 1. The molecular weight excluding hydrogens is 491 g/mol. The molecule has 0 aliphatic carbocycles. The maximum atomic E-state index is 13.0. The highest BCUT2D eigenvalue weighted by Gasteiger charge is 2.33. The van der Waals surface area contributed by atoms with Gasteiger partial charge in [-0.1, -0.05) is 0 Å². The lowest BCUT2D eigenvalue weighted by molar-refractivity contribution is -0.141. The first-order valence-electron chi connectivity index (χ1n) is 11.6. The summed E-state index contributed by atoms with van der Waals surface area (Å²) < 4.78 is 44.4. The van der Waals surface area contributed by atoms with Crippen LogP contribution in [0.3, 0.4) is 0 Å². The SMILES string of the molecule is Cc1ncc(NC(=O)c2ccnc(C(F)(F)F)c2)cc1-c1cc(N2CCOCC2)nc(NC[C@@H](C)O)n1. The van der Waals surface area contributed by atoms with E-state index in [2.05, 4.69) is 35.5 Å². The van der Waals surface area contributed by atoms with E-state index in [4.69, 9.17) is 4.74 Å². The Morgan fingerprint density at radius 1 is 1.19 bits per heavy atom. The lowest BCUT2D eigenvalue weighted by atomic mass is 10.1. The van der Waals surface area contributed by atoms with Gasteiger partial charge < -0.3 is 25.4 Å². The standard InChI is InChI=1S/C24H26F3N7O3/c1-14(35)12-30-23-32-19(11-21(33-23)34-5-7-37-8-6-34)18-10-17(13-29-15(18)2)31-22(36)16-3-4-28-20(9-16)24(25,26)27/h3-4,9-11,13-14,35H,5-8,12H2,1-2H3,(H,31,36)(H,30,32,33)/t14-/m1/s1. The van der Waals surface area contributed by atoms with E-state index in [1.165, 1.54) is 12.3 Å². The third kappa shape index (κ3) is 6.68. The summed E-state index contributed by atoms with van der Waals surface area (Å²) in [6.45, 7) is 6.06. The number of hydrogen-bond acceptors (Lipinski definition) is 9. The van der Waals surface area contributed by atoms with Crippen LogP contribution in [0, 0.1) is 6.92 Å². The van der Waals surface area contributed by atoms with Crippen LogP contribution in [0.4, 0.5) is 30.6 Å². The summed E-state index contributed by atoms with van der Waals surface area (Å²) in [5.74, 6) is 0.234. The molecule has 13 heteroatoms. The van der Waals surface area contributed by atoms with Gasteiger partial charge in [-0.25, -0.2) is 4.98 Å². The molecule has 0 radical (unpaired) electrons. The van der Waals surface area contributed by atoms with Gasteiger partial charge in [0.05, 0.1) is 36.9 Å². The van der Waals surface area contributed by atoms with Crippen LogP contribution in [-0.4, -0.2) is 69.9 Å². The molecule has 196 valence electrons. The van der Waals surface area contributed by atoms with Crippen LogP contribution >= 0.6 is 0 Å². The summed E-state index contributed by atoms with van der Waals surface area (Å²) in [6, 6.07) is 5.34. The third-order valence-corrected chi connectivity index (χ3v) is 5.54. The monoisotopic (exact) mass is 517 g/mol. The fourth-order valence-corrected chi connectivity index (χ4v) is 3.64. The number of rotatable bonds is 7. The molecule has 4 rings (SSSR count). The van der Waals surface area contributed by atoms with Crippen molar-refractivity contribution in [1.82, 2.24) is 19.9 Å². The van der Waals surface area contributed by atoms with Crippen molar-refractivity contribution in [3.63, 3.8) is 0 Å². The summed E-state index contributed by atoms with van der Waals surface area (Å²) >= 11 is 0. The molecule has 0 unspecified atom stereocenters. The van der Waals surface area contributed by atoms with Crippen molar-refractivity contribution < 1.29 is 27.8 Å². The molecule has 1 aliphatic heterocycles. The van der Waals surface area contributed by atoms with Crippen LogP contribution in [0.15, 0.2) is 36.7 Å². The molecule has 37 heavy (non-hydrogen) atoms. The minimum Gasteiger partial charge on any atom is -0.392 e. The Morgan fingerprint density at radius 3 is 2.65 bits per heavy atom. The predicted molar refractivity (Wildman–Crippen MR) is 130 cm³/mol. The number of hydrogen-bond donors (Lipinski definition) is 3. The number of carbonyl (C=O) groups excluding carboxylic acids is 1. The average Bonchev–Trinajstić information content (AvgIpc) is 2.88. The molecule has 3 N–H and O–H groups in total. The Bertz CT molecular complexity index is 1260. The second-order valence-corrected chi connectivity index (χ2v) is 8.50. The minimum absolute atomic E-state index is 0.189. The van der Waals surface area contributed by atoms with Crippen molar-refractivity contribution in [1.29, 1.82) is 0 Å². The fraction of sp³-hybridized carbons (Fsp3) is 0.375. The molecule has 1 aliphatic rings. The van der Waals surface area contributed by atoms with E-state index in [0.717, 1.165) is 6.20 Å². The van der Waals surface area contributed by atoms with Crippen LogP contribution in [-0.2, 0) is 10.9 Å². The zero-order chi connectivity index (χ0) is 26.6. The number of halogens is 3. The van der Waals surface area contributed by atoms with Gasteiger partial charge in [-0.2, -0.15) is 18.2 Å². The Morgan fingerprint density at radius 2 is 1.95 bits per heavy atom.